The first kappa shape index (κ1) is 20.7. The van der Waals surface area contributed by atoms with Crippen LogP contribution in [0.4, 0.5) is 11.8 Å². The summed E-state index contributed by atoms with van der Waals surface area (Å²) in [5.41, 5.74) is 8.47. The zero-order valence-electron chi connectivity index (χ0n) is 17.1. The summed E-state index contributed by atoms with van der Waals surface area (Å²) in [6, 6.07) is 9.59. The molecule has 0 spiro atoms. The number of hydrogen-bond donors (Lipinski definition) is 3. The molecule has 164 valence electrons. The lowest BCUT2D eigenvalue weighted by atomic mass is 9.97. The van der Waals surface area contributed by atoms with Gasteiger partial charge in [-0.15, -0.1) is 21.5 Å². The van der Waals surface area contributed by atoms with Gasteiger partial charge in [-0.2, -0.15) is 4.98 Å². The Labute approximate surface area is 192 Å². The average Bonchev–Trinajstić information content (AvgIpc) is 3.38. The number of benzene rings is 1. The predicted molar refractivity (Wildman–Crippen MR) is 126 cm³/mol. The van der Waals surface area contributed by atoms with Crippen LogP contribution in [0.15, 0.2) is 35.5 Å². The van der Waals surface area contributed by atoms with Crippen molar-refractivity contribution in [1.82, 2.24) is 24.7 Å². The summed E-state index contributed by atoms with van der Waals surface area (Å²) in [6.07, 6.45) is 4.49. The number of fused-ring (bicyclic) bond motifs is 3. The Bertz CT molecular complexity index is 1290. The number of anilines is 2. The molecule has 0 radical (unpaired) electrons. The number of carboxylic acids is 1. The number of thioether (sulfide) groups is 1. The van der Waals surface area contributed by atoms with Crippen LogP contribution in [-0.2, 0) is 24.2 Å². The van der Waals surface area contributed by atoms with Gasteiger partial charge in [-0.25, -0.2) is 4.98 Å². The summed E-state index contributed by atoms with van der Waals surface area (Å²) in [7, 11) is 0. The summed E-state index contributed by atoms with van der Waals surface area (Å²) in [5, 5.41) is 22.2. The number of nitrogens with zero attached hydrogens (tertiary/aromatic N) is 5. The summed E-state index contributed by atoms with van der Waals surface area (Å²) in [5.74, 6) is 0.553. The van der Waals surface area contributed by atoms with E-state index < -0.39 is 5.97 Å². The van der Waals surface area contributed by atoms with Crippen LogP contribution in [0.3, 0.4) is 0 Å². The standard InChI is InChI=1S/C21H21N7O2S2/c22-18-17-13-8-4-5-9-14(13)32-19(17)25-20(24-18)23-10-15-26-27-21(31-11-16(29)30)28(15)12-6-2-1-3-7-12/h1-3,6-7H,4-5,8-11H2,(H,29,30)(H3,22,23,24,25). The van der Waals surface area contributed by atoms with E-state index in [0.717, 1.165) is 40.5 Å². The van der Waals surface area contributed by atoms with Crippen molar-refractivity contribution in [1.29, 1.82) is 0 Å². The molecule has 3 aromatic heterocycles. The number of aromatic nitrogens is 5. The van der Waals surface area contributed by atoms with Crippen molar-refractivity contribution in [3.8, 4) is 5.69 Å². The monoisotopic (exact) mass is 467 g/mol. The molecule has 0 aliphatic heterocycles. The lowest BCUT2D eigenvalue weighted by Gasteiger charge is -2.12. The quantitative estimate of drug-likeness (QED) is 0.349. The van der Waals surface area contributed by atoms with E-state index in [9.17, 15) is 4.79 Å². The van der Waals surface area contributed by atoms with E-state index >= 15 is 0 Å². The Morgan fingerprint density at radius 2 is 2.00 bits per heavy atom. The van der Waals surface area contributed by atoms with Crippen LogP contribution >= 0.6 is 23.1 Å². The molecular formula is C21H21N7O2S2. The van der Waals surface area contributed by atoms with Crippen molar-refractivity contribution in [2.75, 3.05) is 16.8 Å². The maximum atomic E-state index is 11.0. The Kier molecular flexibility index (Phi) is 5.66. The fourth-order valence-electron chi connectivity index (χ4n) is 3.89. The molecule has 0 amide bonds. The third-order valence-corrected chi connectivity index (χ3v) is 7.39. The highest BCUT2D eigenvalue weighted by molar-refractivity contribution is 7.99. The number of hydrogen-bond acceptors (Lipinski definition) is 9. The molecule has 4 aromatic rings. The van der Waals surface area contributed by atoms with Gasteiger partial charge in [0.2, 0.25) is 5.95 Å². The van der Waals surface area contributed by atoms with Crippen LogP contribution in [0.5, 0.6) is 0 Å². The lowest BCUT2D eigenvalue weighted by molar-refractivity contribution is -0.133. The number of carboxylic acid groups (broad SMARTS) is 1. The number of rotatable bonds is 7. The van der Waals surface area contributed by atoms with Gasteiger partial charge in [0.1, 0.15) is 10.6 Å². The molecule has 0 atom stereocenters. The third-order valence-electron chi connectivity index (χ3n) is 5.29. The maximum Gasteiger partial charge on any atom is 0.313 e. The van der Waals surface area contributed by atoms with Crippen molar-refractivity contribution in [3.05, 3.63) is 46.6 Å². The molecule has 0 unspecified atom stereocenters. The summed E-state index contributed by atoms with van der Waals surface area (Å²) < 4.78 is 1.84. The minimum atomic E-state index is -0.909. The first-order valence-corrected chi connectivity index (χ1v) is 12.1. The van der Waals surface area contributed by atoms with Crippen LogP contribution in [-0.4, -0.2) is 41.6 Å². The molecule has 1 aliphatic rings. The summed E-state index contributed by atoms with van der Waals surface area (Å²) in [4.78, 5) is 22.5. The second kappa shape index (κ2) is 8.75. The second-order valence-corrected chi connectivity index (χ2v) is 9.46. The van der Waals surface area contributed by atoms with Crippen molar-refractivity contribution in [2.24, 2.45) is 0 Å². The average molecular weight is 468 g/mol. The molecule has 4 N–H and O–H groups in total. The third kappa shape index (κ3) is 4.00. The van der Waals surface area contributed by atoms with Crippen LogP contribution in [0, 0.1) is 0 Å². The van der Waals surface area contributed by atoms with Crippen LogP contribution in [0.1, 0.15) is 29.1 Å². The van der Waals surface area contributed by atoms with Gasteiger partial charge in [0.15, 0.2) is 11.0 Å². The van der Waals surface area contributed by atoms with Gasteiger partial charge >= 0.3 is 5.97 Å². The Morgan fingerprint density at radius 3 is 2.81 bits per heavy atom. The normalized spacial score (nSPS) is 13.2. The van der Waals surface area contributed by atoms with Crippen LogP contribution in [0.25, 0.3) is 15.9 Å². The first-order valence-electron chi connectivity index (χ1n) is 10.3. The number of nitrogens with one attached hydrogen (secondary N) is 1. The fraction of sp³-hybridized carbons (Fsp3) is 0.286. The van der Waals surface area contributed by atoms with Crippen molar-refractivity contribution >= 4 is 51.1 Å². The van der Waals surface area contributed by atoms with Crippen molar-refractivity contribution in [3.63, 3.8) is 0 Å². The number of thiophene rings is 1. The number of carbonyl (C=O) groups is 1. The van der Waals surface area contributed by atoms with E-state index in [4.69, 9.17) is 15.8 Å². The van der Waals surface area contributed by atoms with E-state index in [1.165, 1.54) is 23.3 Å². The Hall–Kier alpha value is -3.18. The molecule has 1 aromatic carbocycles. The first-order chi connectivity index (χ1) is 15.6. The van der Waals surface area contributed by atoms with Gasteiger partial charge in [-0.3, -0.25) is 9.36 Å². The van der Waals surface area contributed by atoms with E-state index in [1.54, 1.807) is 11.3 Å². The minimum Gasteiger partial charge on any atom is -0.481 e. The van der Waals surface area contributed by atoms with E-state index in [-0.39, 0.29) is 5.75 Å². The van der Waals surface area contributed by atoms with Gasteiger partial charge in [0.05, 0.1) is 17.7 Å². The van der Waals surface area contributed by atoms with Gasteiger partial charge in [-0.05, 0) is 43.4 Å². The topological polar surface area (TPSA) is 132 Å². The van der Waals surface area contributed by atoms with Crippen LogP contribution < -0.4 is 11.1 Å². The zero-order chi connectivity index (χ0) is 22.1. The number of nitrogen functional groups attached to an aromatic ring is 1. The Morgan fingerprint density at radius 1 is 1.19 bits per heavy atom. The molecule has 11 heteroatoms. The molecular weight excluding hydrogens is 446 g/mol. The van der Waals surface area contributed by atoms with Crippen molar-refractivity contribution < 1.29 is 9.90 Å². The number of aryl methyl sites for hydroxylation is 2. The van der Waals surface area contributed by atoms with Gasteiger partial charge in [0.25, 0.3) is 0 Å². The number of nitrogens with two attached hydrogens (primary N) is 1. The van der Waals surface area contributed by atoms with Gasteiger partial charge < -0.3 is 16.2 Å². The molecule has 3 heterocycles. The summed E-state index contributed by atoms with van der Waals surface area (Å²) in [6.45, 7) is 0.311. The minimum absolute atomic E-state index is 0.0995. The SMILES string of the molecule is Nc1nc(NCc2nnc(SCC(=O)O)n2-c2ccccc2)nc2sc3c(c12)CCCC3. The smallest absolute Gasteiger partial charge is 0.313 e. The Balaban J connectivity index is 1.43. The molecule has 5 rings (SSSR count). The number of para-hydroxylation sites is 1. The number of aliphatic carboxylic acids is 1. The summed E-state index contributed by atoms with van der Waals surface area (Å²) >= 11 is 2.82. The molecule has 1 aliphatic carbocycles. The fourth-order valence-corrected chi connectivity index (χ4v) is 5.85. The second-order valence-electron chi connectivity index (χ2n) is 7.43. The predicted octanol–water partition coefficient (Wildman–Crippen LogP) is 3.52. The van der Waals surface area contributed by atoms with Gasteiger partial charge in [0, 0.05) is 10.6 Å². The van der Waals surface area contributed by atoms with Crippen LogP contribution in [0.2, 0.25) is 0 Å². The highest BCUT2D eigenvalue weighted by Crippen LogP contribution is 2.38. The van der Waals surface area contributed by atoms with Gasteiger partial charge in [-0.1, -0.05) is 30.0 Å². The molecule has 0 fully saturated rings. The molecule has 32 heavy (non-hydrogen) atoms. The van der Waals surface area contributed by atoms with E-state index in [1.807, 2.05) is 34.9 Å². The maximum absolute atomic E-state index is 11.0. The highest BCUT2D eigenvalue weighted by Gasteiger charge is 2.21. The zero-order valence-corrected chi connectivity index (χ0v) is 18.7. The van der Waals surface area contributed by atoms with E-state index in [2.05, 4.69) is 20.5 Å². The lowest BCUT2D eigenvalue weighted by Crippen LogP contribution is -2.11. The highest BCUT2D eigenvalue weighted by atomic mass is 32.2. The van der Waals surface area contributed by atoms with Crippen molar-refractivity contribution in [2.45, 2.75) is 37.4 Å². The van der Waals surface area contributed by atoms with E-state index in [0.29, 0.717) is 29.3 Å². The largest absolute Gasteiger partial charge is 0.481 e. The molecule has 9 nitrogen and oxygen atoms in total. The molecule has 0 saturated carbocycles. The molecule has 0 bridgehead atoms. The molecule has 0 saturated heterocycles.